The highest BCUT2D eigenvalue weighted by atomic mass is 16.5. The van der Waals surface area contributed by atoms with Gasteiger partial charge in [-0.05, 0) is 35.7 Å². The summed E-state index contributed by atoms with van der Waals surface area (Å²) < 4.78 is 7.15. The normalized spacial score (nSPS) is 15.3. The molecule has 0 bridgehead atoms. The summed E-state index contributed by atoms with van der Waals surface area (Å²) in [5, 5.41) is 7.23. The van der Waals surface area contributed by atoms with Gasteiger partial charge in [-0.3, -0.25) is 4.90 Å². The van der Waals surface area contributed by atoms with Gasteiger partial charge < -0.3 is 15.0 Å². The molecule has 2 heterocycles. The number of nitrogens with zero attached hydrogens (tertiary/aromatic N) is 5. The molecule has 3 aromatic rings. The van der Waals surface area contributed by atoms with E-state index in [2.05, 4.69) is 38.5 Å². The van der Waals surface area contributed by atoms with Crippen LogP contribution in [0.5, 0.6) is 0 Å². The van der Waals surface area contributed by atoms with E-state index in [0.29, 0.717) is 6.54 Å². The van der Waals surface area contributed by atoms with Crippen molar-refractivity contribution in [3.8, 4) is 5.69 Å². The van der Waals surface area contributed by atoms with Crippen molar-refractivity contribution in [3.63, 3.8) is 0 Å². The van der Waals surface area contributed by atoms with Gasteiger partial charge in [-0.1, -0.05) is 36.4 Å². The number of ether oxygens (including phenoxy) is 1. The standard InChI is InChI=1S/C24H30N6O2/c1-19(20-7-9-23(10-8-20)30-18-25-17-27-30)28(2)24(31)26-15-21-5-3-4-6-22(21)16-29-11-13-32-14-12-29/h3-10,17-19H,11-16H2,1-2H3,(H,26,31)/t19-/m1/s1. The first-order chi connectivity index (χ1) is 15.6. The van der Waals surface area contributed by atoms with E-state index in [1.54, 1.807) is 15.9 Å². The second kappa shape index (κ2) is 10.4. The highest BCUT2D eigenvalue weighted by molar-refractivity contribution is 5.74. The van der Waals surface area contributed by atoms with Crippen molar-refractivity contribution in [1.82, 2.24) is 29.9 Å². The molecular formula is C24H30N6O2. The van der Waals surface area contributed by atoms with Gasteiger partial charge >= 0.3 is 6.03 Å². The molecule has 1 N–H and O–H groups in total. The summed E-state index contributed by atoms with van der Waals surface area (Å²) in [5.41, 5.74) is 4.38. The molecule has 1 aromatic heterocycles. The maximum Gasteiger partial charge on any atom is 0.317 e. The van der Waals surface area contributed by atoms with Crippen molar-refractivity contribution < 1.29 is 9.53 Å². The molecule has 168 valence electrons. The second-order valence-electron chi connectivity index (χ2n) is 8.03. The topological polar surface area (TPSA) is 75.5 Å². The van der Waals surface area contributed by atoms with Gasteiger partial charge in [0, 0.05) is 33.2 Å². The quantitative estimate of drug-likeness (QED) is 0.619. The first-order valence-electron chi connectivity index (χ1n) is 10.9. The van der Waals surface area contributed by atoms with Crippen LogP contribution < -0.4 is 5.32 Å². The molecule has 0 spiro atoms. The summed E-state index contributed by atoms with van der Waals surface area (Å²) in [6.07, 6.45) is 3.17. The van der Waals surface area contributed by atoms with Gasteiger partial charge in [-0.15, -0.1) is 0 Å². The monoisotopic (exact) mass is 434 g/mol. The third-order valence-electron chi connectivity index (χ3n) is 6.01. The molecule has 1 fully saturated rings. The predicted molar refractivity (Wildman–Crippen MR) is 122 cm³/mol. The van der Waals surface area contributed by atoms with E-state index in [1.807, 2.05) is 44.3 Å². The van der Waals surface area contributed by atoms with Crippen molar-refractivity contribution in [2.75, 3.05) is 33.4 Å². The molecule has 0 radical (unpaired) electrons. The molecule has 0 saturated carbocycles. The Kier molecular flexibility index (Phi) is 7.14. The Bertz CT molecular complexity index is 1000. The fourth-order valence-corrected chi connectivity index (χ4v) is 3.83. The zero-order valence-electron chi connectivity index (χ0n) is 18.6. The van der Waals surface area contributed by atoms with Gasteiger partial charge in [0.15, 0.2) is 0 Å². The van der Waals surface area contributed by atoms with Crippen molar-refractivity contribution in [2.45, 2.75) is 26.1 Å². The minimum atomic E-state index is -0.0981. The third-order valence-corrected chi connectivity index (χ3v) is 6.01. The summed E-state index contributed by atoms with van der Waals surface area (Å²) in [6.45, 7) is 6.84. The Hall–Kier alpha value is -3.23. The average molecular weight is 435 g/mol. The minimum Gasteiger partial charge on any atom is -0.379 e. The fourth-order valence-electron chi connectivity index (χ4n) is 3.83. The van der Waals surface area contributed by atoms with Crippen LogP contribution in [0.3, 0.4) is 0 Å². The molecule has 1 saturated heterocycles. The number of morpholine rings is 1. The maximum absolute atomic E-state index is 12.9. The molecule has 8 nitrogen and oxygen atoms in total. The van der Waals surface area contributed by atoms with E-state index in [1.165, 1.54) is 11.9 Å². The number of carbonyl (C=O) groups is 1. The molecule has 1 aliphatic rings. The second-order valence-corrected chi connectivity index (χ2v) is 8.03. The van der Waals surface area contributed by atoms with Crippen LogP contribution in [-0.4, -0.2) is 63.9 Å². The van der Waals surface area contributed by atoms with Crippen LogP contribution in [0, 0.1) is 0 Å². The van der Waals surface area contributed by atoms with Crippen LogP contribution in [0.25, 0.3) is 5.69 Å². The lowest BCUT2D eigenvalue weighted by Gasteiger charge is -2.28. The lowest BCUT2D eigenvalue weighted by Crippen LogP contribution is -2.39. The molecule has 2 aromatic carbocycles. The van der Waals surface area contributed by atoms with Gasteiger partial charge in [-0.2, -0.15) is 5.10 Å². The highest BCUT2D eigenvalue weighted by Gasteiger charge is 2.18. The SMILES string of the molecule is C[C@H](c1ccc(-n2cncn2)cc1)N(C)C(=O)NCc1ccccc1CN1CCOCC1. The number of benzene rings is 2. The van der Waals surface area contributed by atoms with Crippen LogP contribution >= 0.6 is 0 Å². The molecule has 1 aliphatic heterocycles. The number of amides is 2. The molecule has 8 heteroatoms. The largest absolute Gasteiger partial charge is 0.379 e. The third kappa shape index (κ3) is 5.33. The van der Waals surface area contributed by atoms with E-state index < -0.39 is 0 Å². The van der Waals surface area contributed by atoms with Crippen molar-refractivity contribution in [3.05, 3.63) is 77.9 Å². The summed E-state index contributed by atoms with van der Waals surface area (Å²) >= 11 is 0. The summed E-state index contributed by atoms with van der Waals surface area (Å²) in [6, 6.07) is 16.1. The Morgan fingerprint density at radius 3 is 2.53 bits per heavy atom. The van der Waals surface area contributed by atoms with Gasteiger partial charge in [-0.25, -0.2) is 14.5 Å². The van der Waals surface area contributed by atoms with Crippen molar-refractivity contribution in [1.29, 1.82) is 0 Å². The predicted octanol–water partition coefficient (Wildman–Crippen LogP) is 3.00. The van der Waals surface area contributed by atoms with Crippen LogP contribution in [0.15, 0.2) is 61.2 Å². The Morgan fingerprint density at radius 2 is 1.84 bits per heavy atom. The van der Waals surface area contributed by atoms with Crippen LogP contribution in [-0.2, 0) is 17.8 Å². The van der Waals surface area contributed by atoms with Crippen LogP contribution in [0.2, 0.25) is 0 Å². The first-order valence-corrected chi connectivity index (χ1v) is 10.9. The van der Waals surface area contributed by atoms with Gasteiger partial charge in [0.05, 0.1) is 24.9 Å². The zero-order valence-corrected chi connectivity index (χ0v) is 18.6. The van der Waals surface area contributed by atoms with Gasteiger partial charge in [0.25, 0.3) is 0 Å². The molecule has 32 heavy (non-hydrogen) atoms. The number of aromatic nitrogens is 3. The summed E-state index contributed by atoms with van der Waals surface area (Å²) in [4.78, 5) is 20.9. The number of hydrogen-bond donors (Lipinski definition) is 1. The van der Waals surface area contributed by atoms with Crippen molar-refractivity contribution >= 4 is 6.03 Å². The number of urea groups is 1. The van der Waals surface area contributed by atoms with E-state index >= 15 is 0 Å². The summed E-state index contributed by atoms with van der Waals surface area (Å²) in [7, 11) is 1.82. The molecule has 0 unspecified atom stereocenters. The van der Waals surface area contributed by atoms with E-state index in [0.717, 1.165) is 49.7 Å². The smallest absolute Gasteiger partial charge is 0.317 e. The molecule has 0 aliphatic carbocycles. The highest BCUT2D eigenvalue weighted by Crippen LogP contribution is 2.20. The number of carbonyl (C=O) groups excluding carboxylic acids is 1. The number of rotatable bonds is 7. The summed E-state index contributed by atoms with van der Waals surface area (Å²) in [5.74, 6) is 0. The Labute approximate surface area is 188 Å². The van der Waals surface area contributed by atoms with Crippen molar-refractivity contribution in [2.24, 2.45) is 0 Å². The average Bonchev–Trinajstić information content (AvgIpc) is 3.38. The van der Waals surface area contributed by atoms with Crippen LogP contribution in [0.4, 0.5) is 4.79 Å². The van der Waals surface area contributed by atoms with E-state index in [4.69, 9.17) is 4.74 Å². The molecular weight excluding hydrogens is 404 g/mol. The van der Waals surface area contributed by atoms with Gasteiger partial charge in [0.1, 0.15) is 12.7 Å². The lowest BCUT2D eigenvalue weighted by molar-refractivity contribution is 0.0340. The number of nitrogens with one attached hydrogen (secondary N) is 1. The lowest BCUT2D eigenvalue weighted by atomic mass is 10.1. The first kappa shape index (κ1) is 22.0. The minimum absolute atomic E-state index is 0.0663. The fraction of sp³-hybridized carbons (Fsp3) is 0.375. The van der Waals surface area contributed by atoms with Crippen LogP contribution in [0.1, 0.15) is 29.7 Å². The molecule has 4 rings (SSSR count). The Balaban J connectivity index is 1.34. The zero-order chi connectivity index (χ0) is 22.3. The number of hydrogen-bond acceptors (Lipinski definition) is 5. The maximum atomic E-state index is 12.9. The van der Waals surface area contributed by atoms with E-state index in [9.17, 15) is 4.79 Å². The van der Waals surface area contributed by atoms with E-state index in [-0.39, 0.29) is 12.1 Å². The molecule has 2 amide bonds. The molecule has 1 atom stereocenters. The Morgan fingerprint density at radius 1 is 1.12 bits per heavy atom. The van der Waals surface area contributed by atoms with Gasteiger partial charge in [0.2, 0.25) is 0 Å².